The molecule has 1 atom stereocenters. The van der Waals surface area contributed by atoms with E-state index < -0.39 is 0 Å². The van der Waals surface area contributed by atoms with Crippen LogP contribution < -0.4 is 5.76 Å². The van der Waals surface area contributed by atoms with E-state index in [1.165, 1.54) is 6.42 Å². The summed E-state index contributed by atoms with van der Waals surface area (Å²) in [5, 5.41) is 0. The van der Waals surface area contributed by atoms with Gasteiger partial charge in [-0.25, -0.2) is 4.79 Å². The Morgan fingerprint density at radius 3 is 2.87 bits per heavy atom. The van der Waals surface area contributed by atoms with Crippen molar-refractivity contribution in [3.63, 3.8) is 0 Å². The molecule has 0 unspecified atom stereocenters. The molecule has 1 aliphatic rings. The van der Waals surface area contributed by atoms with Gasteiger partial charge in [-0.3, -0.25) is 14.5 Å². The highest BCUT2D eigenvalue weighted by Gasteiger charge is 2.26. The Hall–Kier alpha value is -2.40. The second kappa shape index (κ2) is 6.01. The third kappa shape index (κ3) is 2.68. The fourth-order valence-electron chi connectivity index (χ4n) is 3.46. The SMILES string of the molecule is O=c1oc2ccccc2n1CCN1CCC[C@H]1c1ccccn1. The lowest BCUT2D eigenvalue weighted by molar-refractivity contribution is 0.241. The number of oxazole rings is 1. The summed E-state index contributed by atoms with van der Waals surface area (Å²) in [4.78, 5) is 19.0. The first kappa shape index (κ1) is 14.2. The minimum Gasteiger partial charge on any atom is -0.408 e. The Morgan fingerprint density at radius 2 is 2.00 bits per heavy atom. The van der Waals surface area contributed by atoms with Crippen LogP contribution in [0.2, 0.25) is 0 Å². The van der Waals surface area contributed by atoms with E-state index in [-0.39, 0.29) is 5.76 Å². The fourth-order valence-corrected chi connectivity index (χ4v) is 3.46. The van der Waals surface area contributed by atoms with Crippen LogP contribution in [0.25, 0.3) is 11.1 Å². The topological polar surface area (TPSA) is 51.3 Å². The van der Waals surface area contributed by atoms with E-state index in [9.17, 15) is 4.79 Å². The Labute approximate surface area is 134 Å². The van der Waals surface area contributed by atoms with Crippen LogP contribution in [0, 0.1) is 0 Å². The molecule has 4 rings (SSSR count). The molecule has 0 N–H and O–H groups in total. The van der Waals surface area contributed by atoms with Crippen LogP contribution in [0.4, 0.5) is 0 Å². The maximum Gasteiger partial charge on any atom is 0.419 e. The van der Waals surface area contributed by atoms with Crippen LogP contribution >= 0.6 is 0 Å². The summed E-state index contributed by atoms with van der Waals surface area (Å²) < 4.78 is 7.03. The highest BCUT2D eigenvalue weighted by molar-refractivity contribution is 5.72. The van der Waals surface area contributed by atoms with Crippen molar-refractivity contribution in [3.05, 3.63) is 64.9 Å². The molecular weight excluding hydrogens is 290 g/mol. The van der Waals surface area contributed by atoms with Gasteiger partial charge in [0.05, 0.1) is 17.3 Å². The van der Waals surface area contributed by atoms with Gasteiger partial charge in [-0.15, -0.1) is 0 Å². The molecule has 0 saturated carbocycles. The molecule has 0 bridgehead atoms. The zero-order valence-corrected chi connectivity index (χ0v) is 12.9. The van der Waals surface area contributed by atoms with Crippen molar-refractivity contribution in [1.82, 2.24) is 14.5 Å². The molecule has 1 aromatic carbocycles. The smallest absolute Gasteiger partial charge is 0.408 e. The van der Waals surface area contributed by atoms with E-state index in [1.807, 2.05) is 42.6 Å². The Bertz CT molecular complexity index is 853. The number of nitrogens with zero attached hydrogens (tertiary/aromatic N) is 3. The lowest BCUT2D eigenvalue weighted by atomic mass is 10.1. The van der Waals surface area contributed by atoms with Crippen LogP contribution in [-0.4, -0.2) is 27.5 Å². The van der Waals surface area contributed by atoms with E-state index in [2.05, 4.69) is 16.0 Å². The van der Waals surface area contributed by atoms with Gasteiger partial charge in [-0.1, -0.05) is 18.2 Å². The van der Waals surface area contributed by atoms with Crippen molar-refractivity contribution in [3.8, 4) is 0 Å². The van der Waals surface area contributed by atoms with Gasteiger partial charge in [-0.05, 0) is 43.7 Å². The number of aromatic nitrogens is 2. The van der Waals surface area contributed by atoms with Crippen molar-refractivity contribution in [2.24, 2.45) is 0 Å². The zero-order valence-electron chi connectivity index (χ0n) is 12.9. The molecule has 0 aliphatic carbocycles. The Balaban J connectivity index is 1.54. The molecule has 2 aromatic heterocycles. The molecular formula is C18H19N3O2. The van der Waals surface area contributed by atoms with Crippen molar-refractivity contribution in [1.29, 1.82) is 0 Å². The van der Waals surface area contributed by atoms with Gasteiger partial charge in [0.15, 0.2) is 5.58 Å². The standard InChI is InChI=1S/C18H19N3O2/c22-18-21(16-7-1-2-9-17(16)23-18)13-12-20-11-5-8-15(20)14-6-3-4-10-19-14/h1-4,6-7,9-10,15H,5,8,11-13H2/t15-/m0/s1. The first-order valence-corrected chi connectivity index (χ1v) is 8.06. The monoisotopic (exact) mass is 309 g/mol. The highest BCUT2D eigenvalue weighted by atomic mass is 16.4. The second-order valence-corrected chi connectivity index (χ2v) is 5.94. The van der Waals surface area contributed by atoms with Crippen LogP contribution in [0.3, 0.4) is 0 Å². The quantitative estimate of drug-likeness (QED) is 0.743. The molecule has 5 heteroatoms. The maximum atomic E-state index is 12.1. The number of rotatable bonds is 4. The summed E-state index contributed by atoms with van der Waals surface area (Å²) in [5.74, 6) is -0.278. The molecule has 23 heavy (non-hydrogen) atoms. The summed E-state index contributed by atoms with van der Waals surface area (Å²) in [5.41, 5.74) is 2.64. The summed E-state index contributed by atoms with van der Waals surface area (Å²) in [7, 11) is 0. The van der Waals surface area contributed by atoms with Gasteiger partial charge >= 0.3 is 5.76 Å². The molecule has 1 aliphatic heterocycles. The zero-order chi connectivity index (χ0) is 15.6. The molecule has 5 nitrogen and oxygen atoms in total. The lowest BCUT2D eigenvalue weighted by Crippen LogP contribution is -2.30. The number of para-hydroxylation sites is 2. The number of fused-ring (bicyclic) bond motifs is 1. The average Bonchev–Trinajstić information content (AvgIpc) is 3.17. The summed E-state index contributed by atoms with van der Waals surface area (Å²) in [6.45, 7) is 2.51. The highest BCUT2D eigenvalue weighted by Crippen LogP contribution is 2.30. The third-order valence-electron chi connectivity index (χ3n) is 4.58. The molecule has 0 amide bonds. The first-order chi connectivity index (χ1) is 11.3. The van der Waals surface area contributed by atoms with Crippen LogP contribution in [0.15, 0.2) is 57.9 Å². The van der Waals surface area contributed by atoms with Gasteiger partial charge in [0.2, 0.25) is 0 Å². The van der Waals surface area contributed by atoms with Crippen LogP contribution in [-0.2, 0) is 6.54 Å². The second-order valence-electron chi connectivity index (χ2n) is 5.94. The fraction of sp³-hybridized carbons (Fsp3) is 0.333. The normalized spacial score (nSPS) is 18.7. The average molecular weight is 309 g/mol. The first-order valence-electron chi connectivity index (χ1n) is 8.06. The molecule has 0 spiro atoms. The van der Waals surface area contributed by atoms with Crippen LogP contribution in [0.1, 0.15) is 24.6 Å². The van der Waals surface area contributed by atoms with Crippen molar-refractivity contribution < 1.29 is 4.42 Å². The molecule has 1 fully saturated rings. The Morgan fingerprint density at radius 1 is 1.13 bits per heavy atom. The predicted molar refractivity (Wildman–Crippen MR) is 88.3 cm³/mol. The van der Waals surface area contributed by atoms with E-state index in [1.54, 1.807) is 4.57 Å². The van der Waals surface area contributed by atoms with Crippen molar-refractivity contribution in [2.45, 2.75) is 25.4 Å². The number of pyridine rings is 1. The largest absolute Gasteiger partial charge is 0.419 e. The third-order valence-corrected chi connectivity index (χ3v) is 4.58. The van der Waals surface area contributed by atoms with Crippen molar-refractivity contribution >= 4 is 11.1 Å². The minimum atomic E-state index is -0.278. The van der Waals surface area contributed by atoms with E-state index >= 15 is 0 Å². The number of hydrogen-bond donors (Lipinski definition) is 0. The molecule has 3 aromatic rings. The summed E-state index contributed by atoms with van der Waals surface area (Å²) in [6, 6.07) is 14.0. The Kier molecular flexibility index (Phi) is 3.71. The van der Waals surface area contributed by atoms with Gasteiger partial charge < -0.3 is 4.42 Å². The predicted octanol–water partition coefficient (Wildman–Crippen LogP) is 2.83. The maximum absolute atomic E-state index is 12.1. The van der Waals surface area contributed by atoms with E-state index in [0.717, 1.165) is 30.7 Å². The van der Waals surface area contributed by atoms with Crippen molar-refractivity contribution in [2.75, 3.05) is 13.1 Å². The number of hydrogen-bond acceptors (Lipinski definition) is 4. The van der Waals surface area contributed by atoms with Gasteiger partial charge in [0.1, 0.15) is 0 Å². The van der Waals surface area contributed by atoms with Gasteiger partial charge in [0, 0.05) is 19.3 Å². The molecule has 3 heterocycles. The number of likely N-dealkylation sites (tertiary alicyclic amines) is 1. The summed E-state index contributed by atoms with van der Waals surface area (Å²) >= 11 is 0. The van der Waals surface area contributed by atoms with E-state index in [4.69, 9.17) is 4.42 Å². The molecule has 118 valence electrons. The minimum absolute atomic E-state index is 0.278. The van der Waals surface area contributed by atoms with Crippen LogP contribution in [0.5, 0.6) is 0 Å². The van der Waals surface area contributed by atoms with Gasteiger partial charge in [0.25, 0.3) is 0 Å². The molecule has 0 radical (unpaired) electrons. The van der Waals surface area contributed by atoms with E-state index in [0.29, 0.717) is 18.2 Å². The molecule has 1 saturated heterocycles. The summed E-state index contributed by atoms with van der Waals surface area (Å²) in [6.07, 6.45) is 4.14. The van der Waals surface area contributed by atoms with Gasteiger partial charge in [-0.2, -0.15) is 0 Å². The number of benzene rings is 1. The lowest BCUT2D eigenvalue weighted by Gasteiger charge is -2.23.